The second kappa shape index (κ2) is 8.37. The molecular weight excluding hydrogens is 362 g/mol. The van der Waals surface area contributed by atoms with Crippen molar-refractivity contribution in [2.45, 2.75) is 31.2 Å². The fourth-order valence-corrected chi connectivity index (χ4v) is 4.42. The lowest BCUT2D eigenvalue weighted by Gasteiger charge is -2.37. The van der Waals surface area contributed by atoms with Crippen LogP contribution in [0.3, 0.4) is 0 Å². The predicted molar refractivity (Wildman–Crippen MR) is 107 cm³/mol. The van der Waals surface area contributed by atoms with E-state index < -0.39 is 10.0 Å². The van der Waals surface area contributed by atoms with Gasteiger partial charge in [0.15, 0.2) is 0 Å². The van der Waals surface area contributed by atoms with Gasteiger partial charge in [-0.15, -0.1) is 0 Å². The smallest absolute Gasteiger partial charge is 0.240 e. The van der Waals surface area contributed by atoms with Crippen molar-refractivity contribution >= 4 is 26.7 Å². The number of carbonyl (C=O) groups excluding carboxylic acids is 1. The van der Waals surface area contributed by atoms with Crippen molar-refractivity contribution in [3.8, 4) is 0 Å². The molecule has 7 heteroatoms. The Kier molecular flexibility index (Phi) is 6.14. The molecule has 1 heterocycles. The Morgan fingerprint density at radius 2 is 1.70 bits per heavy atom. The topological polar surface area (TPSA) is 69.7 Å². The van der Waals surface area contributed by atoms with E-state index >= 15 is 0 Å². The lowest BCUT2D eigenvalue weighted by atomic mass is 10.1. The third-order valence-electron chi connectivity index (χ3n) is 5.06. The maximum absolute atomic E-state index is 12.5. The van der Waals surface area contributed by atoms with Crippen LogP contribution in [0.2, 0.25) is 0 Å². The van der Waals surface area contributed by atoms with Gasteiger partial charge in [0.2, 0.25) is 15.9 Å². The van der Waals surface area contributed by atoms with Gasteiger partial charge in [-0.3, -0.25) is 9.69 Å². The SMILES string of the molecule is CC(C)N1CCN(C(=O)CCNS(=O)(=O)c2ccc3ccccc3c2)CC1. The highest BCUT2D eigenvalue weighted by Crippen LogP contribution is 2.18. The van der Waals surface area contributed by atoms with Crippen LogP contribution >= 0.6 is 0 Å². The molecule has 2 aromatic rings. The Hall–Kier alpha value is -1.96. The van der Waals surface area contributed by atoms with Gasteiger partial charge >= 0.3 is 0 Å². The van der Waals surface area contributed by atoms with Gasteiger partial charge in [-0.1, -0.05) is 30.3 Å². The zero-order chi connectivity index (χ0) is 19.4. The Bertz CT molecular complexity index is 904. The molecule has 0 atom stereocenters. The van der Waals surface area contributed by atoms with Crippen molar-refractivity contribution < 1.29 is 13.2 Å². The summed E-state index contributed by atoms with van der Waals surface area (Å²) in [6.07, 6.45) is 0.175. The second-order valence-electron chi connectivity index (χ2n) is 7.17. The lowest BCUT2D eigenvalue weighted by molar-refractivity contribution is -0.133. The van der Waals surface area contributed by atoms with Crippen molar-refractivity contribution in [1.82, 2.24) is 14.5 Å². The van der Waals surface area contributed by atoms with Crippen molar-refractivity contribution in [2.24, 2.45) is 0 Å². The van der Waals surface area contributed by atoms with E-state index in [1.807, 2.05) is 29.2 Å². The molecule has 0 aromatic heterocycles. The first kappa shape index (κ1) is 19.8. The maximum atomic E-state index is 12.5. The summed E-state index contributed by atoms with van der Waals surface area (Å²) in [7, 11) is -3.63. The number of rotatable bonds is 6. The van der Waals surface area contributed by atoms with E-state index in [0.29, 0.717) is 19.1 Å². The molecular formula is C20H27N3O3S. The van der Waals surface area contributed by atoms with Gasteiger partial charge in [0.05, 0.1) is 4.90 Å². The molecule has 2 aromatic carbocycles. The van der Waals surface area contributed by atoms with Gasteiger partial charge in [-0.2, -0.15) is 0 Å². The van der Waals surface area contributed by atoms with Gasteiger partial charge in [-0.05, 0) is 36.8 Å². The first-order valence-electron chi connectivity index (χ1n) is 9.37. The number of piperazine rings is 1. The molecule has 0 radical (unpaired) electrons. The van der Waals surface area contributed by atoms with Crippen LogP contribution in [0.1, 0.15) is 20.3 Å². The van der Waals surface area contributed by atoms with Crippen LogP contribution in [0.5, 0.6) is 0 Å². The van der Waals surface area contributed by atoms with E-state index in [4.69, 9.17) is 0 Å². The average molecular weight is 390 g/mol. The van der Waals surface area contributed by atoms with E-state index in [1.165, 1.54) is 0 Å². The molecule has 1 aliphatic heterocycles. The number of nitrogens with zero attached hydrogens (tertiary/aromatic N) is 2. The number of hydrogen-bond donors (Lipinski definition) is 1. The van der Waals surface area contributed by atoms with E-state index in [-0.39, 0.29) is 23.8 Å². The van der Waals surface area contributed by atoms with Crippen molar-refractivity contribution in [3.05, 3.63) is 42.5 Å². The summed E-state index contributed by atoms with van der Waals surface area (Å²) >= 11 is 0. The van der Waals surface area contributed by atoms with Crippen LogP contribution < -0.4 is 4.72 Å². The lowest BCUT2D eigenvalue weighted by Crippen LogP contribution is -2.51. The second-order valence-corrected chi connectivity index (χ2v) is 8.93. The normalized spacial score (nSPS) is 16.2. The van der Waals surface area contributed by atoms with Crippen LogP contribution in [-0.4, -0.2) is 62.9 Å². The summed E-state index contributed by atoms with van der Waals surface area (Å²) in [5.74, 6) is -0.000354. The summed E-state index contributed by atoms with van der Waals surface area (Å²) in [5, 5.41) is 1.87. The van der Waals surface area contributed by atoms with Gasteiger partial charge in [-0.25, -0.2) is 13.1 Å². The Labute approximate surface area is 161 Å². The van der Waals surface area contributed by atoms with Gasteiger partial charge in [0.1, 0.15) is 0 Å². The van der Waals surface area contributed by atoms with Crippen molar-refractivity contribution in [2.75, 3.05) is 32.7 Å². The largest absolute Gasteiger partial charge is 0.340 e. The third-order valence-corrected chi connectivity index (χ3v) is 6.52. The molecule has 0 saturated carbocycles. The monoisotopic (exact) mass is 389 g/mol. The molecule has 146 valence electrons. The molecule has 0 bridgehead atoms. The summed E-state index contributed by atoms with van der Waals surface area (Å²) in [5.41, 5.74) is 0. The van der Waals surface area contributed by atoms with Crippen LogP contribution in [0.4, 0.5) is 0 Å². The summed E-state index contributed by atoms with van der Waals surface area (Å²) in [6, 6.07) is 13.2. The van der Waals surface area contributed by atoms with E-state index in [0.717, 1.165) is 23.9 Å². The van der Waals surface area contributed by atoms with Gasteiger partial charge < -0.3 is 4.90 Å². The van der Waals surface area contributed by atoms with E-state index in [2.05, 4.69) is 23.5 Å². The number of benzene rings is 2. The maximum Gasteiger partial charge on any atom is 0.240 e. The minimum absolute atomic E-state index is 0.000354. The summed E-state index contributed by atoms with van der Waals surface area (Å²) in [4.78, 5) is 16.7. The Morgan fingerprint density at radius 3 is 2.37 bits per heavy atom. The molecule has 0 aliphatic carbocycles. The fraction of sp³-hybridized carbons (Fsp3) is 0.450. The number of carbonyl (C=O) groups is 1. The molecule has 27 heavy (non-hydrogen) atoms. The third kappa shape index (κ3) is 4.86. The van der Waals surface area contributed by atoms with Crippen molar-refractivity contribution in [3.63, 3.8) is 0 Å². The highest BCUT2D eigenvalue weighted by molar-refractivity contribution is 7.89. The quantitative estimate of drug-likeness (QED) is 0.821. The molecule has 6 nitrogen and oxygen atoms in total. The van der Waals surface area contributed by atoms with Crippen LogP contribution in [0.25, 0.3) is 10.8 Å². The molecule has 1 amide bonds. The summed E-state index contributed by atoms with van der Waals surface area (Å²) in [6.45, 7) is 7.55. The molecule has 0 unspecified atom stereocenters. The van der Waals surface area contributed by atoms with Crippen LogP contribution in [-0.2, 0) is 14.8 Å². The Morgan fingerprint density at radius 1 is 1.04 bits per heavy atom. The fourth-order valence-electron chi connectivity index (χ4n) is 3.36. The number of hydrogen-bond acceptors (Lipinski definition) is 4. The van der Waals surface area contributed by atoms with E-state index in [1.54, 1.807) is 18.2 Å². The summed E-state index contributed by atoms with van der Waals surface area (Å²) < 4.78 is 27.6. The zero-order valence-corrected chi connectivity index (χ0v) is 16.7. The molecule has 1 saturated heterocycles. The first-order chi connectivity index (χ1) is 12.9. The molecule has 0 spiro atoms. The molecule has 1 aliphatic rings. The minimum atomic E-state index is -3.63. The predicted octanol–water partition coefficient (Wildman–Crippen LogP) is 2.06. The van der Waals surface area contributed by atoms with Gasteiger partial charge in [0.25, 0.3) is 0 Å². The van der Waals surface area contributed by atoms with Gasteiger partial charge in [0, 0.05) is 45.2 Å². The zero-order valence-electron chi connectivity index (χ0n) is 15.9. The average Bonchev–Trinajstić information content (AvgIpc) is 2.67. The molecule has 1 fully saturated rings. The van der Waals surface area contributed by atoms with E-state index in [9.17, 15) is 13.2 Å². The molecule has 1 N–H and O–H groups in total. The number of amides is 1. The van der Waals surface area contributed by atoms with Crippen LogP contribution in [0.15, 0.2) is 47.4 Å². The van der Waals surface area contributed by atoms with Crippen LogP contribution in [0, 0.1) is 0 Å². The standard InChI is InChI=1S/C20H27N3O3S/c1-16(2)22-11-13-23(14-12-22)20(24)9-10-21-27(25,26)19-8-7-17-5-3-4-6-18(17)15-19/h3-8,15-16,21H,9-14H2,1-2H3. The Balaban J connectivity index is 1.53. The number of fused-ring (bicyclic) bond motifs is 1. The highest BCUT2D eigenvalue weighted by Gasteiger charge is 2.22. The molecule has 3 rings (SSSR count). The van der Waals surface area contributed by atoms with Crippen molar-refractivity contribution in [1.29, 1.82) is 0 Å². The first-order valence-corrected chi connectivity index (χ1v) is 10.9. The highest BCUT2D eigenvalue weighted by atomic mass is 32.2. The number of nitrogens with one attached hydrogen (secondary N) is 1. The number of sulfonamides is 1. The minimum Gasteiger partial charge on any atom is -0.340 e.